The summed E-state index contributed by atoms with van der Waals surface area (Å²) in [6, 6.07) is 1.24. The standard InChI is InChI=1S/C41H73N3O8/c1-7-10-13-16-18-19-20-22-25-28-36(46)52-38-34(31-42(4)5)51-40(39(38)49-6)43-30-29-35(45)44(41(43)48)32-37(47)50-33(26-23-15-12-9-3)27-24-21-17-14-11-8-2/h29-30,33-34,38-40H,7-28,31-32H2,1-6H3/t33?,34-,38-,39-,40-/m1/s1. The minimum absolute atomic E-state index is 0.244. The zero-order valence-corrected chi connectivity index (χ0v) is 33.6. The molecule has 1 aliphatic rings. The molecule has 300 valence electrons. The Bertz CT molecular complexity index is 1230. The monoisotopic (exact) mass is 736 g/mol. The highest BCUT2D eigenvalue weighted by Gasteiger charge is 2.49. The van der Waals surface area contributed by atoms with Crippen LogP contribution in [0, 0.1) is 0 Å². The third-order valence-corrected chi connectivity index (χ3v) is 10.1. The molecule has 0 amide bonds. The summed E-state index contributed by atoms with van der Waals surface area (Å²) < 4.78 is 26.2. The van der Waals surface area contributed by atoms with Crippen molar-refractivity contribution in [3.8, 4) is 0 Å². The lowest BCUT2D eigenvalue weighted by Crippen LogP contribution is -2.45. The van der Waals surface area contributed by atoms with E-state index in [1.807, 2.05) is 19.0 Å². The average Bonchev–Trinajstić information content (AvgIpc) is 3.44. The van der Waals surface area contributed by atoms with E-state index in [2.05, 4.69) is 20.8 Å². The van der Waals surface area contributed by atoms with Crippen molar-refractivity contribution in [2.75, 3.05) is 27.7 Å². The molecule has 1 fully saturated rings. The van der Waals surface area contributed by atoms with Gasteiger partial charge in [-0.3, -0.25) is 19.0 Å². The molecule has 0 bridgehead atoms. The second kappa shape index (κ2) is 27.1. The van der Waals surface area contributed by atoms with Crippen molar-refractivity contribution in [1.82, 2.24) is 14.0 Å². The van der Waals surface area contributed by atoms with E-state index in [-0.39, 0.29) is 12.1 Å². The van der Waals surface area contributed by atoms with Gasteiger partial charge in [0, 0.05) is 32.3 Å². The number of methoxy groups -OCH3 is 1. The van der Waals surface area contributed by atoms with Crippen LogP contribution in [0.5, 0.6) is 0 Å². The zero-order valence-electron chi connectivity index (χ0n) is 33.6. The Balaban J connectivity index is 2.10. The number of likely N-dealkylation sites (N-methyl/N-ethyl adjacent to an activating group) is 1. The first-order chi connectivity index (χ1) is 25.2. The summed E-state index contributed by atoms with van der Waals surface area (Å²) >= 11 is 0. The van der Waals surface area contributed by atoms with E-state index in [1.165, 1.54) is 88.1 Å². The summed E-state index contributed by atoms with van der Waals surface area (Å²) in [6.45, 7) is 6.51. The fraction of sp³-hybridized carbons (Fsp3) is 0.854. The van der Waals surface area contributed by atoms with Crippen LogP contribution in [-0.2, 0) is 35.1 Å². The normalized spacial score (nSPS) is 19.3. The maximum atomic E-state index is 13.8. The third-order valence-electron chi connectivity index (χ3n) is 10.1. The van der Waals surface area contributed by atoms with Crippen LogP contribution in [0.1, 0.15) is 168 Å². The second-order valence-electron chi connectivity index (χ2n) is 15.0. The Morgan fingerprint density at radius 2 is 1.27 bits per heavy atom. The van der Waals surface area contributed by atoms with Gasteiger partial charge in [-0.15, -0.1) is 0 Å². The number of hydrogen-bond donors (Lipinski definition) is 0. The molecule has 0 saturated carbocycles. The number of carbonyl (C=O) groups excluding carboxylic acids is 2. The van der Waals surface area contributed by atoms with Gasteiger partial charge in [-0.1, -0.05) is 124 Å². The summed E-state index contributed by atoms with van der Waals surface area (Å²) in [5, 5.41) is 0. The van der Waals surface area contributed by atoms with E-state index in [0.29, 0.717) is 13.0 Å². The summed E-state index contributed by atoms with van der Waals surface area (Å²) in [6.07, 6.45) is 21.4. The highest BCUT2D eigenvalue weighted by atomic mass is 16.6. The van der Waals surface area contributed by atoms with Crippen molar-refractivity contribution in [2.45, 2.75) is 199 Å². The highest BCUT2D eigenvalue weighted by molar-refractivity contribution is 5.70. The second-order valence-corrected chi connectivity index (χ2v) is 15.0. The van der Waals surface area contributed by atoms with E-state index in [1.54, 1.807) is 0 Å². The Morgan fingerprint density at radius 3 is 1.81 bits per heavy atom. The molecule has 1 aromatic heterocycles. The molecule has 0 spiro atoms. The van der Waals surface area contributed by atoms with Gasteiger partial charge in [0.2, 0.25) is 0 Å². The lowest BCUT2D eigenvalue weighted by molar-refractivity contribution is -0.157. The van der Waals surface area contributed by atoms with E-state index in [4.69, 9.17) is 18.9 Å². The lowest BCUT2D eigenvalue weighted by atomic mass is 10.0. The first-order valence-electron chi connectivity index (χ1n) is 20.7. The van der Waals surface area contributed by atoms with E-state index >= 15 is 0 Å². The Hall–Kier alpha value is -2.50. The predicted molar refractivity (Wildman–Crippen MR) is 207 cm³/mol. The Morgan fingerprint density at radius 1 is 0.750 bits per heavy atom. The molecule has 0 aromatic carbocycles. The van der Waals surface area contributed by atoms with Gasteiger partial charge in [0.15, 0.2) is 12.3 Å². The molecule has 52 heavy (non-hydrogen) atoms. The first-order valence-corrected chi connectivity index (χ1v) is 20.7. The molecular formula is C41H73N3O8. The molecule has 1 aliphatic heterocycles. The fourth-order valence-electron chi connectivity index (χ4n) is 7.06. The van der Waals surface area contributed by atoms with Gasteiger partial charge in [0.05, 0.1) is 0 Å². The van der Waals surface area contributed by atoms with Crippen molar-refractivity contribution in [1.29, 1.82) is 0 Å². The number of unbranched alkanes of at least 4 members (excludes halogenated alkanes) is 16. The molecule has 0 radical (unpaired) electrons. The molecular weight excluding hydrogens is 662 g/mol. The number of carbonyl (C=O) groups is 2. The minimum Gasteiger partial charge on any atom is -0.461 e. The zero-order chi connectivity index (χ0) is 38.1. The van der Waals surface area contributed by atoms with Crippen LogP contribution in [0.3, 0.4) is 0 Å². The van der Waals surface area contributed by atoms with Crippen LogP contribution >= 0.6 is 0 Å². The maximum absolute atomic E-state index is 13.8. The first kappa shape index (κ1) is 45.7. The largest absolute Gasteiger partial charge is 0.461 e. The summed E-state index contributed by atoms with van der Waals surface area (Å²) in [5.41, 5.74) is -1.31. The molecule has 11 heteroatoms. The van der Waals surface area contributed by atoms with Crippen LogP contribution in [0.15, 0.2) is 21.9 Å². The highest BCUT2D eigenvalue weighted by Crippen LogP contribution is 2.33. The van der Waals surface area contributed by atoms with Crippen molar-refractivity contribution in [2.24, 2.45) is 0 Å². The number of hydrogen-bond acceptors (Lipinski definition) is 9. The summed E-state index contributed by atoms with van der Waals surface area (Å²) in [5.74, 6) is -0.930. The summed E-state index contributed by atoms with van der Waals surface area (Å²) in [7, 11) is 5.27. The smallest absolute Gasteiger partial charge is 0.333 e. The van der Waals surface area contributed by atoms with Crippen molar-refractivity contribution in [3.05, 3.63) is 33.1 Å². The molecule has 0 N–H and O–H groups in total. The molecule has 2 rings (SSSR count). The average molecular weight is 736 g/mol. The van der Waals surface area contributed by atoms with Gasteiger partial charge in [-0.05, 0) is 46.2 Å². The van der Waals surface area contributed by atoms with Gasteiger partial charge in [-0.25, -0.2) is 9.36 Å². The molecule has 0 aliphatic carbocycles. The minimum atomic E-state index is -0.977. The number of aromatic nitrogens is 2. The van der Waals surface area contributed by atoms with Crippen LogP contribution in [0.2, 0.25) is 0 Å². The van der Waals surface area contributed by atoms with Crippen LogP contribution < -0.4 is 11.2 Å². The topological polar surface area (TPSA) is 118 Å². The number of ether oxygens (including phenoxy) is 4. The third kappa shape index (κ3) is 17.1. The number of nitrogens with zero attached hydrogens (tertiary/aromatic N) is 3. The molecule has 5 atom stereocenters. The molecule has 2 heterocycles. The SMILES string of the molecule is CCCCCCCCCCCC(=O)O[C@H]1[C@@H](OC)[C@H](n2ccc(=O)n(CC(=O)OC(CCCCCC)CCCCCCCC)c2=O)O[C@@H]1CN(C)C. The maximum Gasteiger partial charge on any atom is 0.333 e. The van der Waals surface area contributed by atoms with E-state index in [9.17, 15) is 19.2 Å². The van der Waals surface area contributed by atoms with Crippen LogP contribution in [-0.4, -0.2) is 78.1 Å². The van der Waals surface area contributed by atoms with Gasteiger partial charge in [0.25, 0.3) is 5.56 Å². The lowest BCUT2D eigenvalue weighted by Gasteiger charge is -2.25. The quantitative estimate of drug-likeness (QED) is 0.0573. The molecule has 1 saturated heterocycles. The number of rotatable bonds is 30. The van der Waals surface area contributed by atoms with Gasteiger partial charge in [-0.2, -0.15) is 0 Å². The van der Waals surface area contributed by atoms with Gasteiger partial charge in [0.1, 0.15) is 24.9 Å². The van der Waals surface area contributed by atoms with Gasteiger partial charge >= 0.3 is 17.6 Å². The van der Waals surface area contributed by atoms with E-state index < -0.39 is 48.3 Å². The Labute approximate surface area is 314 Å². The van der Waals surface area contributed by atoms with Crippen molar-refractivity contribution in [3.63, 3.8) is 0 Å². The molecule has 1 aromatic rings. The van der Waals surface area contributed by atoms with E-state index in [0.717, 1.165) is 75.2 Å². The van der Waals surface area contributed by atoms with Gasteiger partial charge < -0.3 is 23.8 Å². The molecule has 11 nitrogen and oxygen atoms in total. The molecule has 1 unspecified atom stereocenters. The fourth-order valence-corrected chi connectivity index (χ4v) is 7.06. The predicted octanol–water partition coefficient (Wildman–Crippen LogP) is 7.95. The van der Waals surface area contributed by atoms with Crippen molar-refractivity contribution >= 4 is 11.9 Å². The summed E-state index contributed by atoms with van der Waals surface area (Å²) in [4.78, 5) is 55.0. The number of esters is 2. The van der Waals surface area contributed by atoms with Crippen LogP contribution in [0.4, 0.5) is 0 Å². The van der Waals surface area contributed by atoms with Crippen molar-refractivity contribution < 1.29 is 28.5 Å². The van der Waals surface area contributed by atoms with Crippen LogP contribution in [0.25, 0.3) is 0 Å². The Kier molecular flexibility index (Phi) is 23.8.